The molecule has 0 spiro atoms. The molecule has 0 radical (unpaired) electrons. The number of aromatic carboxylic acids is 1. The minimum atomic E-state index is -0.920. The third-order valence-corrected chi connectivity index (χ3v) is 3.64. The van der Waals surface area contributed by atoms with Crippen LogP contribution in [0.25, 0.3) is 0 Å². The summed E-state index contributed by atoms with van der Waals surface area (Å²) < 4.78 is 0. The number of aromatic nitrogens is 1. The normalized spacial score (nSPS) is 17.1. The number of pyridine rings is 1. The summed E-state index contributed by atoms with van der Waals surface area (Å²) in [5.41, 5.74) is 3.40. The summed E-state index contributed by atoms with van der Waals surface area (Å²) >= 11 is 0. The summed E-state index contributed by atoms with van der Waals surface area (Å²) in [6.07, 6.45) is 0.953. The van der Waals surface area contributed by atoms with Gasteiger partial charge >= 0.3 is 5.97 Å². The zero-order chi connectivity index (χ0) is 14.3. The summed E-state index contributed by atoms with van der Waals surface area (Å²) in [4.78, 5) is 17.8. The molecule has 1 aliphatic rings. The van der Waals surface area contributed by atoms with Crippen molar-refractivity contribution < 1.29 is 9.90 Å². The van der Waals surface area contributed by atoms with E-state index >= 15 is 0 Å². The number of hydrogen-bond donors (Lipinski definition) is 1. The molecule has 1 aromatic carbocycles. The molecular formula is C16H16N2O2. The summed E-state index contributed by atoms with van der Waals surface area (Å²) in [6.45, 7) is 3.95. The first-order chi connectivity index (χ1) is 9.56. The van der Waals surface area contributed by atoms with Gasteiger partial charge in [0.15, 0.2) is 0 Å². The monoisotopic (exact) mass is 268 g/mol. The predicted molar refractivity (Wildman–Crippen MR) is 77.7 cm³/mol. The molecule has 1 aromatic heterocycles. The van der Waals surface area contributed by atoms with Crippen molar-refractivity contribution in [2.24, 2.45) is 0 Å². The summed E-state index contributed by atoms with van der Waals surface area (Å²) in [6, 6.07) is 11.7. The maximum atomic E-state index is 11.2. The maximum Gasteiger partial charge on any atom is 0.335 e. The quantitative estimate of drug-likeness (QED) is 0.909. The van der Waals surface area contributed by atoms with Crippen LogP contribution in [-0.4, -0.2) is 22.1 Å². The first-order valence-electron chi connectivity index (χ1n) is 6.65. The zero-order valence-corrected chi connectivity index (χ0v) is 11.5. The average Bonchev–Trinajstić information content (AvgIpc) is 2.73. The summed E-state index contributed by atoms with van der Waals surface area (Å²) in [7, 11) is 0. The Hall–Kier alpha value is -2.36. The number of hydrogen-bond acceptors (Lipinski definition) is 3. The van der Waals surface area contributed by atoms with Crippen molar-refractivity contribution in [2.45, 2.75) is 26.3 Å². The smallest absolute Gasteiger partial charge is 0.335 e. The predicted octanol–water partition coefficient (Wildman–Crippen LogP) is 3.17. The molecule has 0 saturated carbocycles. The Morgan fingerprint density at radius 3 is 2.85 bits per heavy atom. The van der Waals surface area contributed by atoms with Crippen LogP contribution in [0.2, 0.25) is 0 Å². The number of aryl methyl sites for hydroxylation is 1. The van der Waals surface area contributed by atoms with Gasteiger partial charge in [-0.1, -0.05) is 18.2 Å². The van der Waals surface area contributed by atoms with E-state index in [4.69, 9.17) is 0 Å². The van der Waals surface area contributed by atoms with Crippen molar-refractivity contribution in [1.29, 1.82) is 0 Å². The third kappa shape index (κ3) is 2.03. The van der Waals surface area contributed by atoms with Crippen LogP contribution in [-0.2, 0) is 6.42 Å². The van der Waals surface area contributed by atoms with E-state index in [-0.39, 0.29) is 11.6 Å². The lowest BCUT2D eigenvalue weighted by Crippen LogP contribution is -2.25. The Morgan fingerprint density at radius 2 is 2.10 bits per heavy atom. The number of benzene rings is 1. The number of nitrogens with zero attached hydrogens (tertiary/aromatic N) is 2. The lowest BCUT2D eigenvalue weighted by atomic mass is 10.1. The number of carbonyl (C=O) groups is 1. The molecule has 0 aliphatic carbocycles. The van der Waals surface area contributed by atoms with Gasteiger partial charge in [0.05, 0.1) is 5.56 Å². The number of carboxylic acids is 1. The Morgan fingerprint density at radius 1 is 1.35 bits per heavy atom. The molecule has 0 fully saturated rings. The molecule has 0 amide bonds. The second-order valence-electron chi connectivity index (χ2n) is 5.21. The largest absolute Gasteiger partial charge is 0.478 e. The average molecular weight is 268 g/mol. The topological polar surface area (TPSA) is 53.4 Å². The molecule has 4 heteroatoms. The van der Waals surface area contributed by atoms with Crippen LogP contribution in [0.4, 0.5) is 11.5 Å². The standard InChI is InChI=1S/C16H16N2O2/c1-10-7-13(16(19)20)9-15(17-10)18-11(2)8-12-5-3-4-6-14(12)18/h3-7,9,11H,8H2,1-2H3,(H,19,20). The van der Waals surface area contributed by atoms with Gasteiger partial charge in [-0.05, 0) is 44.0 Å². The van der Waals surface area contributed by atoms with Crippen molar-refractivity contribution in [3.05, 3.63) is 53.2 Å². The fraction of sp³-hybridized carbons (Fsp3) is 0.250. The van der Waals surface area contributed by atoms with Gasteiger partial charge < -0.3 is 10.0 Å². The molecule has 1 unspecified atom stereocenters. The van der Waals surface area contributed by atoms with Crippen molar-refractivity contribution in [2.75, 3.05) is 4.90 Å². The van der Waals surface area contributed by atoms with Gasteiger partial charge in [0.1, 0.15) is 5.82 Å². The van der Waals surface area contributed by atoms with Crippen molar-refractivity contribution >= 4 is 17.5 Å². The van der Waals surface area contributed by atoms with Gasteiger partial charge in [-0.15, -0.1) is 0 Å². The van der Waals surface area contributed by atoms with Gasteiger partial charge in [-0.2, -0.15) is 0 Å². The molecule has 3 rings (SSSR count). The Kier molecular flexibility index (Phi) is 2.93. The van der Waals surface area contributed by atoms with E-state index in [2.05, 4.69) is 28.9 Å². The molecular weight excluding hydrogens is 252 g/mol. The van der Waals surface area contributed by atoms with Gasteiger partial charge in [0.2, 0.25) is 0 Å². The van der Waals surface area contributed by atoms with Gasteiger partial charge in [0.25, 0.3) is 0 Å². The van der Waals surface area contributed by atoms with Gasteiger partial charge in [-0.25, -0.2) is 9.78 Å². The van der Waals surface area contributed by atoms with Crippen LogP contribution in [0.3, 0.4) is 0 Å². The van der Waals surface area contributed by atoms with Gasteiger partial charge in [0, 0.05) is 17.4 Å². The molecule has 102 valence electrons. The number of fused-ring (bicyclic) bond motifs is 1. The van der Waals surface area contributed by atoms with Crippen LogP contribution in [0, 0.1) is 6.92 Å². The molecule has 1 aliphatic heterocycles. The van der Waals surface area contributed by atoms with E-state index < -0.39 is 5.97 Å². The highest BCUT2D eigenvalue weighted by atomic mass is 16.4. The molecule has 1 atom stereocenters. The minimum Gasteiger partial charge on any atom is -0.478 e. The lowest BCUT2D eigenvalue weighted by molar-refractivity contribution is 0.0696. The van der Waals surface area contributed by atoms with Gasteiger partial charge in [-0.3, -0.25) is 0 Å². The van der Waals surface area contributed by atoms with E-state index in [0.717, 1.165) is 17.8 Å². The second kappa shape index (κ2) is 4.63. The highest BCUT2D eigenvalue weighted by Gasteiger charge is 2.28. The Bertz CT molecular complexity index is 682. The molecule has 1 N–H and O–H groups in total. The number of para-hydroxylation sites is 1. The van der Waals surface area contributed by atoms with E-state index in [0.29, 0.717) is 5.82 Å². The minimum absolute atomic E-state index is 0.281. The van der Waals surface area contributed by atoms with Crippen LogP contribution >= 0.6 is 0 Å². The second-order valence-corrected chi connectivity index (χ2v) is 5.21. The number of carboxylic acid groups (broad SMARTS) is 1. The fourth-order valence-electron chi connectivity index (χ4n) is 2.81. The first kappa shape index (κ1) is 12.7. The lowest BCUT2D eigenvalue weighted by Gasteiger charge is -2.24. The number of anilines is 2. The number of rotatable bonds is 2. The highest BCUT2D eigenvalue weighted by molar-refractivity contribution is 5.89. The van der Waals surface area contributed by atoms with E-state index in [1.54, 1.807) is 12.1 Å². The Balaban J connectivity index is 2.11. The highest BCUT2D eigenvalue weighted by Crippen LogP contribution is 2.37. The SMILES string of the molecule is Cc1cc(C(=O)O)cc(N2c3ccccc3CC2C)n1. The molecule has 2 aromatic rings. The van der Waals surface area contributed by atoms with E-state index in [9.17, 15) is 9.90 Å². The maximum absolute atomic E-state index is 11.2. The molecule has 0 saturated heterocycles. The third-order valence-electron chi connectivity index (χ3n) is 3.64. The fourth-order valence-corrected chi connectivity index (χ4v) is 2.81. The van der Waals surface area contributed by atoms with E-state index in [1.807, 2.05) is 19.1 Å². The van der Waals surface area contributed by atoms with Crippen LogP contribution in [0.15, 0.2) is 36.4 Å². The van der Waals surface area contributed by atoms with Crippen molar-refractivity contribution in [1.82, 2.24) is 4.98 Å². The Labute approximate surface area is 117 Å². The van der Waals surface area contributed by atoms with Crippen molar-refractivity contribution in [3.63, 3.8) is 0 Å². The van der Waals surface area contributed by atoms with Crippen LogP contribution in [0.1, 0.15) is 28.5 Å². The molecule has 0 bridgehead atoms. The molecule has 20 heavy (non-hydrogen) atoms. The van der Waals surface area contributed by atoms with Crippen LogP contribution in [0.5, 0.6) is 0 Å². The molecule has 4 nitrogen and oxygen atoms in total. The van der Waals surface area contributed by atoms with Crippen molar-refractivity contribution in [3.8, 4) is 0 Å². The zero-order valence-electron chi connectivity index (χ0n) is 11.5. The van der Waals surface area contributed by atoms with Crippen LogP contribution < -0.4 is 4.90 Å². The molecule has 2 heterocycles. The summed E-state index contributed by atoms with van der Waals surface area (Å²) in [5, 5.41) is 9.19. The first-order valence-corrected chi connectivity index (χ1v) is 6.65. The van der Waals surface area contributed by atoms with E-state index in [1.165, 1.54) is 5.56 Å². The summed E-state index contributed by atoms with van der Waals surface area (Å²) in [5.74, 6) is -0.211.